The van der Waals surface area contributed by atoms with Gasteiger partial charge in [0.25, 0.3) is 0 Å². The van der Waals surface area contributed by atoms with Gasteiger partial charge in [0.1, 0.15) is 6.61 Å². The molecule has 9 nitrogen and oxygen atoms in total. The van der Waals surface area contributed by atoms with E-state index in [1.807, 2.05) is 0 Å². The van der Waals surface area contributed by atoms with Crippen molar-refractivity contribution in [1.29, 1.82) is 0 Å². The molecule has 0 aromatic heterocycles. The number of nitrogens with two attached hydrogens (primary N) is 1. The zero-order chi connectivity index (χ0) is 37.5. The van der Waals surface area contributed by atoms with Gasteiger partial charge >= 0.3 is 19.8 Å². The number of esters is 2. The Hall–Kier alpha value is -1.51. The van der Waals surface area contributed by atoms with Gasteiger partial charge < -0.3 is 20.1 Å². The molecule has 3 N–H and O–H groups in total. The summed E-state index contributed by atoms with van der Waals surface area (Å²) in [5, 5.41) is 0. The third kappa shape index (κ3) is 38.0. The molecular formula is C41H78NO8P. The number of phosphoric ester groups is 1. The van der Waals surface area contributed by atoms with Crippen molar-refractivity contribution in [3.63, 3.8) is 0 Å². The highest BCUT2D eigenvalue weighted by Crippen LogP contribution is 2.43. The molecule has 10 heteroatoms. The van der Waals surface area contributed by atoms with Crippen LogP contribution in [0, 0.1) is 0 Å². The molecule has 0 aromatic rings. The average molecular weight is 744 g/mol. The maximum absolute atomic E-state index is 12.6. The predicted molar refractivity (Wildman–Crippen MR) is 211 cm³/mol. The summed E-state index contributed by atoms with van der Waals surface area (Å²) in [5.74, 6) is -0.839. The van der Waals surface area contributed by atoms with Gasteiger partial charge in [0.2, 0.25) is 0 Å². The molecule has 0 aliphatic heterocycles. The van der Waals surface area contributed by atoms with Gasteiger partial charge in [-0.2, -0.15) is 0 Å². The van der Waals surface area contributed by atoms with E-state index in [1.54, 1.807) is 0 Å². The number of hydrogen-bond acceptors (Lipinski definition) is 8. The Bertz CT molecular complexity index is 897. The van der Waals surface area contributed by atoms with Crippen LogP contribution in [0.2, 0.25) is 0 Å². The summed E-state index contributed by atoms with van der Waals surface area (Å²) in [6, 6.07) is 0. The molecule has 0 aliphatic carbocycles. The van der Waals surface area contributed by atoms with Crippen LogP contribution in [0.5, 0.6) is 0 Å². The van der Waals surface area contributed by atoms with E-state index in [0.717, 1.165) is 64.2 Å². The molecule has 0 saturated heterocycles. The first-order chi connectivity index (χ1) is 24.8. The minimum absolute atomic E-state index is 0.0529. The van der Waals surface area contributed by atoms with E-state index in [1.165, 1.54) is 96.3 Å². The van der Waals surface area contributed by atoms with E-state index in [9.17, 15) is 19.0 Å². The Morgan fingerprint density at radius 3 is 1.45 bits per heavy atom. The van der Waals surface area contributed by atoms with Gasteiger partial charge in [-0.1, -0.05) is 147 Å². The summed E-state index contributed by atoms with van der Waals surface area (Å²) in [7, 11) is -4.37. The average Bonchev–Trinajstić information content (AvgIpc) is 3.11. The molecule has 0 aromatic carbocycles. The SMILES string of the molecule is CCCC/C=C/CCCCCCCC(=O)OC[C@H](COP(=O)(O)OCCN)OC(=O)CCCCCCCCCCC/C=C/CCCCCCCC. The van der Waals surface area contributed by atoms with Crippen molar-refractivity contribution < 1.29 is 37.6 Å². The highest BCUT2D eigenvalue weighted by Gasteiger charge is 2.26. The predicted octanol–water partition coefficient (Wildman–Crippen LogP) is 11.6. The third-order valence-corrected chi connectivity index (χ3v) is 9.79. The zero-order valence-electron chi connectivity index (χ0n) is 32.8. The number of carbonyl (C=O) groups is 2. The Morgan fingerprint density at radius 1 is 0.569 bits per heavy atom. The lowest BCUT2D eigenvalue weighted by molar-refractivity contribution is -0.161. The molecule has 0 saturated carbocycles. The summed E-state index contributed by atoms with van der Waals surface area (Å²) in [5.41, 5.74) is 5.34. The topological polar surface area (TPSA) is 134 Å². The van der Waals surface area contributed by atoms with Crippen molar-refractivity contribution in [1.82, 2.24) is 0 Å². The number of rotatable bonds is 39. The van der Waals surface area contributed by atoms with Crippen molar-refractivity contribution in [3.05, 3.63) is 24.3 Å². The standard InChI is InChI=1S/C41H78NO8P/c1-3-5-7-9-11-13-15-16-17-18-19-20-21-22-24-26-28-30-32-34-41(44)50-39(38-49-51(45,46)48-36-35-42)37-47-40(43)33-31-29-27-25-23-14-12-10-8-6-4-2/h10,12,16-17,39H,3-9,11,13-15,18-38,42H2,1-2H3,(H,45,46)/b12-10+,17-16+/t39-/m1/s1. The molecule has 0 radical (unpaired) electrons. The summed E-state index contributed by atoms with van der Waals surface area (Å²) in [6.07, 6.45) is 39.2. The van der Waals surface area contributed by atoms with E-state index < -0.39 is 32.5 Å². The fourth-order valence-electron chi connectivity index (χ4n) is 5.67. The highest BCUT2D eigenvalue weighted by molar-refractivity contribution is 7.47. The van der Waals surface area contributed by atoms with Crippen molar-refractivity contribution in [3.8, 4) is 0 Å². The lowest BCUT2D eigenvalue weighted by Crippen LogP contribution is -2.29. The second kappa shape index (κ2) is 38.2. The van der Waals surface area contributed by atoms with Crippen molar-refractivity contribution >= 4 is 19.8 Å². The minimum atomic E-state index is -4.37. The molecule has 0 rings (SSSR count). The molecule has 0 spiro atoms. The number of allylic oxidation sites excluding steroid dienone is 4. The number of carbonyl (C=O) groups excluding carboxylic acids is 2. The van der Waals surface area contributed by atoms with E-state index in [0.29, 0.717) is 6.42 Å². The van der Waals surface area contributed by atoms with Gasteiger partial charge in [0, 0.05) is 19.4 Å². The van der Waals surface area contributed by atoms with Crippen LogP contribution in [-0.2, 0) is 32.7 Å². The van der Waals surface area contributed by atoms with Crippen molar-refractivity contribution in [2.24, 2.45) is 5.73 Å². The van der Waals surface area contributed by atoms with E-state index in [-0.39, 0.29) is 32.6 Å². The smallest absolute Gasteiger partial charge is 0.462 e. The van der Waals surface area contributed by atoms with Crippen LogP contribution in [0.3, 0.4) is 0 Å². The Labute approximate surface area is 312 Å². The third-order valence-electron chi connectivity index (χ3n) is 8.81. The van der Waals surface area contributed by atoms with Gasteiger partial charge in [-0.05, 0) is 57.8 Å². The molecule has 0 fully saturated rings. The van der Waals surface area contributed by atoms with Gasteiger partial charge in [-0.25, -0.2) is 4.57 Å². The minimum Gasteiger partial charge on any atom is -0.462 e. The summed E-state index contributed by atoms with van der Waals surface area (Å²) >= 11 is 0. The molecule has 1 unspecified atom stereocenters. The van der Waals surface area contributed by atoms with Crippen LogP contribution < -0.4 is 5.73 Å². The zero-order valence-corrected chi connectivity index (χ0v) is 33.7. The normalized spacial score (nSPS) is 13.6. The van der Waals surface area contributed by atoms with Crippen LogP contribution in [0.15, 0.2) is 24.3 Å². The van der Waals surface area contributed by atoms with Crippen LogP contribution >= 0.6 is 7.82 Å². The Balaban J connectivity index is 4.13. The van der Waals surface area contributed by atoms with Gasteiger partial charge in [0.05, 0.1) is 13.2 Å². The lowest BCUT2D eigenvalue weighted by atomic mass is 10.1. The fraction of sp³-hybridized carbons (Fsp3) is 0.854. The molecule has 0 aliphatic rings. The maximum atomic E-state index is 12.6. The first-order valence-corrected chi connectivity index (χ1v) is 22.3. The van der Waals surface area contributed by atoms with Gasteiger partial charge in [-0.3, -0.25) is 18.6 Å². The monoisotopic (exact) mass is 744 g/mol. The summed E-state index contributed by atoms with van der Waals surface area (Å²) < 4.78 is 32.7. The number of unbranched alkanes of at least 4 members (excludes halogenated alkanes) is 22. The van der Waals surface area contributed by atoms with E-state index in [4.69, 9.17) is 24.3 Å². The second-order valence-corrected chi connectivity index (χ2v) is 15.3. The van der Waals surface area contributed by atoms with Crippen molar-refractivity contribution in [2.45, 2.75) is 200 Å². The Kier molecular flexibility index (Phi) is 37.1. The molecule has 51 heavy (non-hydrogen) atoms. The number of phosphoric acid groups is 1. The van der Waals surface area contributed by atoms with E-state index in [2.05, 4.69) is 38.2 Å². The molecule has 0 amide bonds. The highest BCUT2D eigenvalue weighted by atomic mass is 31.2. The van der Waals surface area contributed by atoms with Crippen LogP contribution in [-0.4, -0.2) is 49.3 Å². The van der Waals surface area contributed by atoms with Crippen LogP contribution in [0.1, 0.15) is 194 Å². The summed E-state index contributed by atoms with van der Waals surface area (Å²) in [4.78, 5) is 34.7. The first kappa shape index (κ1) is 49.5. The van der Waals surface area contributed by atoms with E-state index >= 15 is 0 Å². The molecule has 2 atom stereocenters. The summed E-state index contributed by atoms with van der Waals surface area (Å²) in [6.45, 7) is 3.68. The van der Waals surface area contributed by atoms with Crippen molar-refractivity contribution in [2.75, 3.05) is 26.4 Å². The quantitative estimate of drug-likeness (QED) is 0.0273. The molecule has 0 heterocycles. The number of hydrogen-bond donors (Lipinski definition) is 2. The molecular weight excluding hydrogens is 665 g/mol. The molecule has 0 bridgehead atoms. The molecule has 300 valence electrons. The van der Waals surface area contributed by atoms with Crippen LogP contribution in [0.25, 0.3) is 0 Å². The van der Waals surface area contributed by atoms with Crippen LogP contribution in [0.4, 0.5) is 0 Å². The number of ether oxygens (including phenoxy) is 2. The Morgan fingerprint density at radius 2 is 0.980 bits per heavy atom. The lowest BCUT2D eigenvalue weighted by Gasteiger charge is -2.19. The van der Waals surface area contributed by atoms with Gasteiger partial charge in [-0.15, -0.1) is 0 Å². The second-order valence-electron chi connectivity index (χ2n) is 13.8. The van der Waals surface area contributed by atoms with Gasteiger partial charge in [0.15, 0.2) is 6.10 Å². The first-order valence-electron chi connectivity index (χ1n) is 20.8. The largest absolute Gasteiger partial charge is 0.472 e. The maximum Gasteiger partial charge on any atom is 0.472 e. The fourth-order valence-corrected chi connectivity index (χ4v) is 6.43.